The largest absolute Gasteiger partial charge is 0.417 e. The van der Waals surface area contributed by atoms with Crippen molar-refractivity contribution in [3.63, 3.8) is 0 Å². The number of halogens is 3. The highest BCUT2D eigenvalue weighted by molar-refractivity contribution is 7.99. The van der Waals surface area contributed by atoms with Crippen molar-refractivity contribution in [3.8, 4) is 0 Å². The Labute approximate surface area is 146 Å². The smallest absolute Gasteiger partial charge is 0.326 e. The maximum atomic E-state index is 12.4. The van der Waals surface area contributed by atoms with Gasteiger partial charge >= 0.3 is 6.18 Å². The van der Waals surface area contributed by atoms with Gasteiger partial charge in [-0.3, -0.25) is 9.59 Å². The summed E-state index contributed by atoms with van der Waals surface area (Å²) in [5, 5.41) is 3.11. The molecule has 4 nitrogen and oxygen atoms in total. The van der Waals surface area contributed by atoms with Gasteiger partial charge in [-0.05, 0) is 43.3 Å². The number of hydrogen-bond acceptors (Lipinski definition) is 4. The molecule has 0 unspecified atom stereocenters. The van der Waals surface area contributed by atoms with Crippen molar-refractivity contribution in [1.29, 1.82) is 0 Å². The molecule has 8 heteroatoms. The Morgan fingerprint density at radius 3 is 2.32 bits per heavy atom. The van der Waals surface area contributed by atoms with E-state index in [2.05, 4.69) is 10.3 Å². The van der Waals surface area contributed by atoms with Gasteiger partial charge in [-0.25, -0.2) is 4.98 Å². The Morgan fingerprint density at radius 1 is 1.12 bits per heavy atom. The minimum atomic E-state index is -4.41. The summed E-state index contributed by atoms with van der Waals surface area (Å²) in [5.41, 5.74) is 0.332. The average molecular weight is 368 g/mol. The number of carbonyl (C=O) groups excluding carboxylic acids is 2. The third-order valence-corrected chi connectivity index (χ3v) is 4.16. The van der Waals surface area contributed by atoms with Crippen molar-refractivity contribution in [3.05, 3.63) is 53.7 Å². The van der Waals surface area contributed by atoms with Crippen molar-refractivity contribution in [2.45, 2.75) is 24.5 Å². The first-order valence-electron chi connectivity index (χ1n) is 7.32. The van der Waals surface area contributed by atoms with Crippen molar-refractivity contribution in [1.82, 2.24) is 4.98 Å². The van der Waals surface area contributed by atoms with Crippen LogP contribution in [-0.2, 0) is 11.0 Å². The van der Waals surface area contributed by atoms with E-state index in [1.165, 1.54) is 24.8 Å². The summed E-state index contributed by atoms with van der Waals surface area (Å²) in [6, 6.07) is 8.77. The van der Waals surface area contributed by atoms with Gasteiger partial charge in [0.2, 0.25) is 5.91 Å². The molecule has 0 aliphatic rings. The number of ketones is 1. The molecule has 0 atom stereocenters. The number of nitrogens with one attached hydrogen (secondary N) is 1. The van der Waals surface area contributed by atoms with Gasteiger partial charge in [0.15, 0.2) is 5.78 Å². The molecule has 1 heterocycles. The highest BCUT2D eigenvalue weighted by Gasteiger charge is 2.30. The topological polar surface area (TPSA) is 59.1 Å². The normalized spacial score (nSPS) is 11.2. The molecule has 1 aromatic carbocycles. The van der Waals surface area contributed by atoms with Crippen LogP contribution in [0.3, 0.4) is 0 Å². The Kier molecular flexibility index (Phi) is 6.19. The quantitative estimate of drug-likeness (QED) is 0.606. The zero-order valence-corrected chi connectivity index (χ0v) is 14.1. The fraction of sp³-hybridized carbons (Fsp3) is 0.235. The van der Waals surface area contributed by atoms with E-state index < -0.39 is 11.7 Å². The van der Waals surface area contributed by atoms with Crippen LogP contribution in [0.2, 0.25) is 0 Å². The van der Waals surface area contributed by atoms with Crippen molar-refractivity contribution in [2.75, 3.05) is 11.1 Å². The molecule has 132 valence electrons. The number of alkyl halides is 3. The van der Waals surface area contributed by atoms with E-state index in [9.17, 15) is 22.8 Å². The Balaban J connectivity index is 1.79. The molecule has 0 radical (unpaired) electrons. The number of hydrogen-bond donors (Lipinski definition) is 1. The molecule has 0 bridgehead atoms. The van der Waals surface area contributed by atoms with Crippen LogP contribution in [0.15, 0.2) is 47.6 Å². The SMILES string of the molecule is CC(=O)c1ccc(NC(=O)CCSc2ccc(C(F)(F)F)cn2)cc1. The second-order valence-corrected chi connectivity index (χ2v) is 6.28. The molecule has 25 heavy (non-hydrogen) atoms. The maximum absolute atomic E-state index is 12.4. The number of amides is 1. The van der Waals surface area contributed by atoms with Gasteiger partial charge in [0.25, 0.3) is 0 Å². The van der Waals surface area contributed by atoms with E-state index in [-0.39, 0.29) is 18.1 Å². The number of Topliss-reactive ketones (excluding diaryl/α,β-unsaturated/α-hetero) is 1. The molecule has 0 aliphatic heterocycles. The summed E-state index contributed by atoms with van der Waals surface area (Å²) in [6.07, 6.45) is -3.45. The van der Waals surface area contributed by atoms with Crippen LogP contribution in [0.5, 0.6) is 0 Å². The summed E-state index contributed by atoms with van der Waals surface area (Å²) in [5.74, 6) is 0.101. The van der Waals surface area contributed by atoms with Crippen LogP contribution in [0.4, 0.5) is 18.9 Å². The molecule has 0 spiro atoms. The molecule has 1 N–H and O–H groups in total. The van der Waals surface area contributed by atoms with Gasteiger partial charge in [-0.1, -0.05) is 0 Å². The van der Waals surface area contributed by atoms with Crippen LogP contribution in [0.25, 0.3) is 0 Å². The molecule has 2 aromatic rings. The van der Waals surface area contributed by atoms with Crippen molar-refractivity contribution < 1.29 is 22.8 Å². The standard InChI is InChI=1S/C17H15F3N2O2S/c1-11(23)12-2-5-14(6-3-12)22-15(24)8-9-25-16-7-4-13(10-21-16)17(18,19)20/h2-7,10H,8-9H2,1H3,(H,22,24). The van der Waals surface area contributed by atoms with E-state index in [4.69, 9.17) is 0 Å². The van der Waals surface area contributed by atoms with Gasteiger partial charge < -0.3 is 5.32 Å². The second kappa shape index (κ2) is 8.15. The number of aromatic nitrogens is 1. The molecule has 1 aromatic heterocycles. The van der Waals surface area contributed by atoms with Crippen LogP contribution in [0.1, 0.15) is 29.3 Å². The van der Waals surface area contributed by atoms with Gasteiger partial charge in [-0.15, -0.1) is 11.8 Å². The number of nitrogens with zero attached hydrogens (tertiary/aromatic N) is 1. The molecule has 0 aliphatic carbocycles. The highest BCUT2D eigenvalue weighted by atomic mass is 32.2. The fourth-order valence-electron chi connectivity index (χ4n) is 1.89. The van der Waals surface area contributed by atoms with Gasteiger partial charge in [0.1, 0.15) is 0 Å². The Hall–Kier alpha value is -2.35. The zero-order chi connectivity index (χ0) is 18.4. The average Bonchev–Trinajstić information content (AvgIpc) is 2.55. The number of carbonyl (C=O) groups is 2. The number of anilines is 1. The number of thioether (sulfide) groups is 1. The second-order valence-electron chi connectivity index (χ2n) is 5.16. The monoisotopic (exact) mass is 368 g/mol. The lowest BCUT2D eigenvalue weighted by molar-refractivity contribution is -0.137. The summed E-state index contributed by atoms with van der Waals surface area (Å²) >= 11 is 1.20. The summed E-state index contributed by atoms with van der Waals surface area (Å²) in [7, 11) is 0. The van der Waals surface area contributed by atoms with Crippen LogP contribution in [0, 0.1) is 0 Å². The first-order valence-corrected chi connectivity index (χ1v) is 8.31. The summed E-state index contributed by atoms with van der Waals surface area (Å²) in [6.45, 7) is 1.46. The lowest BCUT2D eigenvalue weighted by atomic mass is 10.1. The number of pyridine rings is 1. The lowest BCUT2D eigenvalue weighted by Gasteiger charge is -2.07. The van der Waals surface area contributed by atoms with E-state index >= 15 is 0 Å². The fourth-order valence-corrected chi connectivity index (χ4v) is 2.68. The number of benzene rings is 1. The first kappa shape index (κ1) is 19.0. The van der Waals surface area contributed by atoms with E-state index in [0.29, 0.717) is 22.0 Å². The van der Waals surface area contributed by atoms with Crippen molar-refractivity contribution in [2.24, 2.45) is 0 Å². The Bertz CT molecular complexity index is 744. The molecule has 1 amide bonds. The minimum absolute atomic E-state index is 0.0571. The molecule has 0 saturated carbocycles. The maximum Gasteiger partial charge on any atom is 0.417 e. The number of rotatable bonds is 6. The predicted octanol–water partition coefficient (Wildman–Crippen LogP) is 4.42. The van der Waals surface area contributed by atoms with Gasteiger partial charge in [0.05, 0.1) is 10.6 Å². The predicted molar refractivity (Wildman–Crippen MR) is 89.7 cm³/mol. The third kappa shape index (κ3) is 5.90. The molecular formula is C17H15F3N2O2S. The molecular weight excluding hydrogens is 353 g/mol. The highest BCUT2D eigenvalue weighted by Crippen LogP contribution is 2.29. The van der Waals surface area contributed by atoms with Crippen LogP contribution in [-0.4, -0.2) is 22.4 Å². The van der Waals surface area contributed by atoms with Crippen LogP contribution < -0.4 is 5.32 Å². The van der Waals surface area contributed by atoms with E-state index in [1.54, 1.807) is 24.3 Å². The van der Waals surface area contributed by atoms with Crippen molar-refractivity contribution >= 4 is 29.1 Å². The van der Waals surface area contributed by atoms with Gasteiger partial charge in [0, 0.05) is 29.6 Å². The summed E-state index contributed by atoms with van der Waals surface area (Å²) in [4.78, 5) is 26.8. The molecule has 2 rings (SSSR count). The first-order chi connectivity index (χ1) is 11.8. The lowest BCUT2D eigenvalue weighted by Crippen LogP contribution is -2.12. The van der Waals surface area contributed by atoms with Crippen LogP contribution >= 0.6 is 11.8 Å². The van der Waals surface area contributed by atoms with E-state index in [0.717, 1.165) is 12.3 Å². The minimum Gasteiger partial charge on any atom is -0.326 e. The molecule has 0 fully saturated rings. The third-order valence-electron chi connectivity index (χ3n) is 3.22. The summed E-state index contributed by atoms with van der Waals surface area (Å²) < 4.78 is 37.3. The van der Waals surface area contributed by atoms with E-state index in [1.807, 2.05) is 0 Å². The van der Waals surface area contributed by atoms with Gasteiger partial charge in [-0.2, -0.15) is 13.2 Å². The molecule has 0 saturated heterocycles. The zero-order valence-electron chi connectivity index (χ0n) is 13.3. The Morgan fingerprint density at radius 2 is 1.80 bits per heavy atom.